The number of nitrogens with one attached hydrogen (secondary N) is 1. The normalized spacial score (nSPS) is 18.2. The highest BCUT2D eigenvalue weighted by Crippen LogP contribution is 2.35. The quantitative estimate of drug-likeness (QED) is 0.840. The number of hydrogen-bond donors (Lipinski definition) is 1. The zero-order valence-electron chi connectivity index (χ0n) is 10.4. The molecule has 0 atom stereocenters. The molecule has 18 heavy (non-hydrogen) atoms. The van der Waals surface area contributed by atoms with E-state index in [2.05, 4.69) is 27.2 Å². The first-order chi connectivity index (χ1) is 8.74. The van der Waals surface area contributed by atoms with Crippen molar-refractivity contribution in [2.75, 3.05) is 31.2 Å². The SMILES string of the molecule is CN(CCNc1nc(Cl)nc2c1SCC2)C1CC1. The summed E-state index contributed by atoms with van der Waals surface area (Å²) in [6.07, 6.45) is 3.70. The minimum atomic E-state index is 0.356. The van der Waals surface area contributed by atoms with Gasteiger partial charge in [0.15, 0.2) is 0 Å². The van der Waals surface area contributed by atoms with E-state index in [9.17, 15) is 0 Å². The monoisotopic (exact) mass is 284 g/mol. The van der Waals surface area contributed by atoms with Crippen LogP contribution in [-0.2, 0) is 6.42 Å². The second-order valence-electron chi connectivity index (χ2n) is 4.85. The lowest BCUT2D eigenvalue weighted by molar-refractivity contribution is 0.337. The lowest BCUT2D eigenvalue weighted by Gasteiger charge is -2.16. The Balaban J connectivity index is 1.61. The van der Waals surface area contributed by atoms with Gasteiger partial charge < -0.3 is 10.2 Å². The summed E-state index contributed by atoms with van der Waals surface area (Å²) in [7, 11) is 2.19. The van der Waals surface area contributed by atoms with Gasteiger partial charge in [0.25, 0.3) is 0 Å². The molecule has 0 radical (unpaired) electrons. The molecule has 1 N–H and O–H groups in total. The van der Waals surface area contributed by atoms with Crippen LogP contribution in [0.15, 0.2) is 4.90 Å². The molecule has 98 valence electrons. The zero-order valence-corrected chi connectivity index (χ0v) is 12.0. The van der Waals surface area contributed by atoms with Crippen molar-refractivity contribution >= 4 is 29.2 Å². The van der Waals surface area contributed by atoms with E-state index in [1.54, 1.807) is 0 Å². The number of aryl methyl sites for hydroxylation is 1. The lowest BCUT2D eigenvalue weighted by Crippen LogP contribution is -2.27. The van der Waals surface area contributed by atoms with Crippen LogP contribution in [0.2, 0.25) is 5.28 Å². The van der Waals surface area contributed by atoms with Crippen LogP contribution in [0.3, 0.4) is 0 Å². The summed E-state index contributed by atoms with van der Waals surface area (Å²) in [6.45, 7) is 1.96. The molecule has 1 fully saturated rings. The van der Waals surface area contributed by atoms with Gasteiger partial charge in [-0.15, -0.1) is 11.8 Å². The van der Waals surface area contributed by atoms with E-state index in [-0.39, 0.29) is 0 Å². The number of likely N-dealkylation sites (N-methyl/N-ethyl adjacent to an activating group) is 1. The van der Waals surface area contributed by atoms with Crippen molar-refractivity contribution in [3.8, 4) is 0 Å². The minimum Gasteiger partial charge on any atom is -0.368 e. The number of anilines is 1. The van der Waals surface area contributed by atoms with E-state index in [1.165, 1.54) is 17.7 Å². The van der Waals surface area contributed by atoms with Crippen molar-refractivity contribution in [2.24, 2.45) is 0 Å². The topological polar surface area (TPSA) is 41.0 Å². The number of fused-ring (bicyclic) bond motifs is 1. The Morgan fingerprint density at radius 3 is 3.06 bits per heavy atom. The van der Waals surface area contributed by atoms with Crippen LogP contribution in [0.1, 0.15) is 18.5 Å². The van der Waals surface area contributed by atoms with Crippen molar-refractivity contribution < 1.29 is 0 Å². The third-order valence-corrected chi connectivity index (χ3v) is 4.72. The van der Waals surface area contributed by atoms with Gasteiger partial charge >= 0.3 is 0 Å². The number of rotatable bonds is 5. The van der Waals surface area contributed by atoms with Crippen molar-refractivity contribution in [3.05, 3.63) is 11.0 Å². The van der Waals surface area contributed by atoms with E-state index in [4.69, 9.17) is 11.6 Å². The van der Waals surface area contributed by atoms with Crippen LogP contribution in [0.5, 0.6) is 0 Å². The summed E-state index contributed by atoms with van der Waals surface area (Å²) < 4.78 is 0. The van der Waals surface area contributed by atoms with Gasteiger partial charge in [-0.1, -0.05) is 0 Å². The molecular weight excluding hydrogens is 268 g/mol. The Kier molecular flexibility index (Phi) is 3.63. The van der Waals surface area contributed by atoms with Gasteiger partial charge in [-0.2, -0.15) is 4.98 Å². The van der Waals surface area contributed by atoms with E-state index in [1.807, 2.05) is 11.8 Å². The van der Waals surface area contributed by atoms with Crippen LogP contribution < -0.4 is 5.32 Å². The van der Waals surface area contributed by atoms with Crippen molar-refractivity contribution in [1.82, 2.24) is 14.9 Å². The van der Waals surface area contributed by atoms with Crippen molar-refractivity contribution in [1.29, 1.82) is 0 Å². The second kappa shape index (κ2) is 5.23. The molecule has 1 saturated carbocycles. The fraction of sp³-hybridized carbons (Fsp3) is 0.667. The standard InChI is InChI=1S/C12H17ClN4S/c1-17(8-2-3-8)6-5-14-11-10-9(4-7-18-10)15-12(13)16-11/h8H,2-7H2,1H3,(H,14,15,16). The van der Waals surface area contributed by atoms with Gasteiger partial charge in [0.05, 0.1) is 10.6 Å². The molecular formula is C12H17ClN4S. The lowest BCUT2D eigenvalue weighted by atomic mass is 10.3. The molecule has 1 aliphatic heterocycles. The largest absolute Gasteiger partial charge is 0.368 e. The molecule has 2 aliphatic rings. The highest BCUT2D eigenvalue weighted by atomic mass is 35.5. The van der Waals surface area contributed by atoms with Gasteiger partial charge in [-0.3, -0.25) is 0 Å². The molecule has 0 amide bonds. The third kappa shape index (κ3) is 2.73. The Labute approximate surface area is 117 Å². The maximum Gasteiger partial charge on any atom is 0.224 e. The summed E-state index contributed by atoms with van der Waals surface area (Å²) in [4.78, 5) is 12.2. The number of aromatic nitrogens is 2. The molecule has 3 rings (SSSR count). The van der Waals surface area contributed by atoms with Gasteiger partial charge in [0.1, 0.15) is 5.82 Å². The molecule has 4 nitrogen and oxygen atoms in total. The van der Waals surface area contributed by atoms with E-state index in [0.717, 1.165) is 42.8 Å². The zero-order chi connectivity index (χ0) is 12.5. The Bertz CT molecular complexity index is 450. The molecule has 0 saturated heterocycles. The molecule has 1 aromatic heterocycles. The molecule has 0 unspecified atom stereocenters. The van der Waals surface area contributed by atoms with Crippen LogP contribution in [0.4, 0.5) is 5.82 Å². The molecule has 0 aromatic carbocycles. The number of nitrogens with zero attached hydrogens (tertiary/aromatic N) is 3. The molecule has 0 spiro atoms. The van der Waals surface area contributed by atoms with Crippen LogP contribution in [0, 0.1) is 0 Å². The molecule has 1 aliphatic carbocycles. The van der Waals surface area contributed by atoms with Crippen LogP contribution in [-0.4, -0.2) is 46.8 Å². The molecule has 2 heterocycles. The molecule has 6 heteroatoms. The summed E-state index contributed by atoms with van der Waals surface area (Å²) in [5, 5.41) is 3.76. The van der Waals surface area contributed by atoms with Crippen LogP contribution >= 0.6 is 23.4 Å². The second-order valence-corrected chi connectivity index (χ2v) is 6.30. The van der Waals surface area contributed by atoms with Crippen molar-refractivity contribution in [2.45, 2.75) is 30.2 Å². The summed E-state index contributed by atoms with van der Waals surface area (Å²) in [5.41, 5.74) is 1.10. The summed E-state index contributed by atoms with van der Waals surface area (Å²) >= 11 is 7.77. The number of thioether (sulfide) groups is 1. The fourth-order valence-corrected chi connectivity index (χ4v) is 3.46. The van der Waals surface area contributed by atoms with E-state index in [0.29, 0.717) is 5.28 Å². The fourth-order valence-electron chi connectivity index (χ4n) is 2.21. The first-order valence-corrected chi connectivity index (χ1v) is 7.74. The van der Waals surface area contributed by atoms with E-state index >= 15 is 0 Å². The number of halogens is 1. The first kappa shape index (κ1) is 12.5. The summed E-state index contributed by atoms with van der Waals surface area (Å²) in [6, 6.07) is 0.806. The molecule has 1 aromatic rings. The third-order valence-electron chi connectivity index (χ3n) is 3.42. The predicted octanol–water partition coefficient (Wildman–Crippen LogP) is 2.28. The average Bonchev–Trinajstić information content (AvgIpc) is 3.08. The Hall–Kier alpha value is -0.520. The maximum atomic E-state index is 5.95. The van der Waals surface area contributed by atoms with Gasteiger partial charge in [0, 0.05) is 31.3 Å². The van der Waals surface area contributed by atoms with Gasteiger partial charge in [0.2, 0.25) is 5.28 Å². The maximum absolute atomic E-state index is 5.95. The highest BCUT2D eigenvalue weighted by Gasteiger charge is 2.25. The van der Waals surface area contributed by atoms with Gasteiger partial charge in [-0.25, -0.2) is 4.98 Å². The smallest absolute Gasteiger partial charge is 0.224 e. The van der Waals surface area contributed by atoms with Gasteiger partial charge in [-0.05, 0) is 31.5 Å². The summed E-state index contributed by atoms with van der Waals surface area (Å²) in [5.74, 6) is 2.00. The minimum absolute atomic E-state index is 0.356. The molecule has 0 bridgehead atoms. The Morgan fingerprint density at radius 2 is 2.28 bits per heavy atom. The van der Waals surface area contributed by atoms with Crippen molar-refractivity contribution in [3.63, 3.8) is 0 Å². The first-order valence-electron chi connectivity index (χ1n) is 6.37. The Morgan fingerprint density at radius 1 is 1.44 bits per heavy atom. The average molecular weight is 285 g/mol. The van der Waals surface area contributed by atoms with E-state index < -0.39 is 0 Å². The van der Waals surface area contributed by atoms with Crippen LogP contribution in [0.25, 0.3) is 0 Å². The highest BCUT2D eigenvalue weighted by molar-refractivity contribution is 7.99. The number of hydrogen-bond acceptors (Lipinski definition) is 5. The predicted molar refractivity (Wildman–Crippen MR) is 75.6 cm³/mol.